The van der Waals surface area contributed by atoms with Crippen LogP contribution < -0.4 is 5.56 Å². The number of hydrogen-bond acceptors (Lipinski definition) is 5. The summed E-state index contributed by atoms with van der Waals surface area (Å²) in [5, 5.41) is 4.10. The zero-order valence-corrected chi connectivity index (χ0v) is 18.6. The summed E-state index contributed by atoms with van der Waals surface area (Å²) in [6.45, 7) is 4.43. The van der Waals surface area contributed by atoms with Crippen LogP contribution in [-0.2, 0) is 12.8 Å². The molecule has 7 nitrogen and oxygen atoms in total. The van der Waals surface area contributed by atoms with Crippen molar-refractivity contribution >= 4 is 11.7 Å². The van der Waals surface area contributed by atoms with E-state index in [4.69, 9.17) is 4.52 Å². The van der Waals surface area contributed by atoms with Crippen LogP contribution in [0.3, 0.4) is 0 Å². The fourth-order valence-corrected chi connectivity index (χ4v) is 4.16. The quantitative estimate of drug-likeness (QED) is 0.636. The van der Waals surface area contributed by atoms with Crippen molar-refractivity contribution in [3.63, 3.8) is 0 Å². The number of pyridine rings is 1. The molecule has 0 bridgehead atoms. The maximum atomic E-state index is 12.9. The SMILES string of the molecule is CN(CCCc1cc(-c2ccccc2)no1)C(=O)c1cc2c([nH]c1=O)CC(C)(C)CC2=O. The van der Waals surface area contributed by atoms with Gasteiger partial charge in [0.1, 0.15) is 17.0 Å². The van der Waals surface area contributed by atoms with Gasteiger partial charge in [0.2, 0.25) is 0 Å². The van der Waals surface area contributed by atoms with Crippen LogP contribution >= 0.6 is 0 Å². The predicted octanol–water partition coefficient (Wildman–Crippen LogP) is 3.89. The van der Waals surface area contributed by atoms with Crippen LogP contribution in [0.2, 0.25) is 0 Å². The second-order valence-electron chi connectivity index (χ2n) is 9.22. The number of ketones is 1. The Kier molecular flexibility index (Phi) is 5.82. The highest BCUT2D eigenvalue weighted by atomic mass is 16.5. The highest BCUT2D eigenvalue weighted by molar-refractivity contribution is 6.02. The van der Waals surface area contributed by atoms with Gasteiger partial charge in [-0.1, -0.05) is 49.3 Å². The number of benzene rings is 1. The number of H-pyrrole nitrogens is 1. The van der Waals surface area contributed by atoms with E-state index >= 15 is 0 Å². The Bertz CT molecular complexity index is 1210. The summed E-state index contributed by atoms with van der Waals surface area (Å²) >= 11 is 0. The Morgan fingerprint density at radius 3 is 2.66 bits per heavy atom. The number of aromatic nitrogens is 2. The average molecular weight is 434 g/mol. The van der Waals surface area contributed by atoms with Gasteiger partial charge in [0.05, 0.1) is 0 Å². The predicted molar refractivity (Wildman–Crippen MR) is 121 cm³/mol. The summed E-state index contributed by atoms with van der Waals surface area (Å²) in [5.41, 5.74) is 2.19. The van der Waals surface area contributed by atoms with Crippen molar-refractivity contribution in [3.05, 3.63) is 75.4 Å². The molecule has 0 atom stereocenters. The molecule has 3 aromatic rings. The third-order valence-electron chi connectivity index (χ3n) is 5.84. The first kappa shape index (κ1) is 21.7. The lowest BCUT2D eigenvalue weighted by molar-refractivity contribution is 0.0791. The molecule has 7 heteroatoms. The number of nitrogens with one attached hydrogen (secondary N) is 1. The maximum Gasteiger partial charge on any atom is 0.261 e. The van der Waals surface area contributed by atoms with Crippen molar-refractivity contribution < 1.29 is 14.1 Å². The third kappa shape index (κ3) is 4.56. The molecule has 1 aromatic carbocycles. The maximum absolute atomic E-state index is 12.9. The van der Waals surface area contributed by atoms with E-state index in [1.54, 1.807) is 7.05 Å². The number of nitrogens with zero attached hydrogens (tertiary/aromatic N) is 2. The fourth-order valence-electron chi connectivity index (χ4n) is 4.16. The number of amides is 1. The van der Waals surface area contributed by atoms with Crippen LogP contribution in [0.25, 0.3) is 11.3 Å². The van der Waals surface area contributed by atoms with Crippen molar-refractivity contribution in [1.82, 2.24) is 15.0 Å². The van der Waals surface area contributed by atoms with Crippen LogP contribution in [-0.4, -0.2) is 40.3 Å². The van der Waals surface area contributed by atoms with E-state index in [1.807, 2.05) is 50.2 Å². The van der Waals surface area contributed by atoms with E-state index < -0.39 is 11.5 Å². The lowest BCUT2D eigenvalue weighted by atomic mass is 9.75. The monoisotopic (exact) mass is 433 g/mol. The molecule has 0 spiro atoms. The van der Waals surface area contributed by atoms with Gasteiger partial charge in [-0.3, -0.25) is 14.4 Å². The molecular formula is C25H27N3O4. The number of rotatable bonds is 6. The standard InChI is InChI=1S/C25H27N3O4/c1-25(2)14-21-18(22(29)15-25)13-19(23(30)26-21)24(31)28(3)11-7-10-17-12-20(27-32-17)16-8-5-4-6-9-16/h4-6,8-9,12-13H,7,10-11,14-15H2,1-3H3,(H,26,30). The second kappa shape index (κ2) is 8.57. The van der Waals surface area contributed by atoms with Gasteiger partial charge < -0.3 is 14.4 Å². The number of Topliss-reactive ketones (excluding diaryl/α,β-unsaturated/α-hetero) is 1. The zero-order valence-electron chi connectivity index (χ0n) is 18.6. The molecular weight excluding hydrogens is 406 g/mol. The highest BCUT2D eigenvalue weighted by Gasteiger charge is 2.33. The van der Waals surface area contributed by atoms with Crippen LogP contribution in [0.5, 0.6) is 0 Å². The smallest absolute Gasteiger partial charge is 0.261 e. The second-order valence-corrected chi connectivity index (χ2v) is 9.22. The van der Waals surface area contributed by atoms with Crippen molar-refractivity contribution in [3.8, 4) is 11.3 Å². The zero-order chi connectivity index (χ0) is 22.9. The van der Waals surface area contributed by atoms with E-state index in [9.17, 15) is 14.4 Å². The number of fused-ring (bicyclic) bond motifs is 1. The van der Waals surface area contributed by atoms with Gasteiger partial charge in [-0.2, -0.15) is 0 Å². The Balaban J connectivity index is 1.39. The fraction of sp³-hybridized carbons (Fsp3) is 0.360. The van der Waals surface area contributed by atoms with Crippen LogP contribution in [0.4, 0.5) is 0 Å². The molecule has 0 saturated carbocycles. The van der Waals surface area contributed by atoms with Gasteiger partial charge in [-0.05, 0) is 24.3 Å². The van der Waals surface area contributed by atoms with E-state index in [0.29, 0.717) is 43.5 Å². The summed E-state index contributed by atoms with van der Waals surface area (Å²) in [6, 6.07) is 13.1. The van der Waals surface area contributed by atoms with Crippen molar-refractivity contribution in [1.29, 1.82) is 0 Å². The summed E-state index contributed by atoms with van der Waals surface area (Å²) < 4.78 is 5.41. The van der Waals surface area contributed by atoms with Crippen LogP contribution in [0.15, 0.2) is 51.8 Å². The first-order valence-electron chi connectivity index (χ1n) is 10.8. The molecule has 0 radical (unpaired) electrons. The number of hydrogen-bond donors (Lipinski definition) is 1. The van der Waals surface area contributed by atoms with Gasteiger partial charge in [-0.25, -0.2) is 0 Å². The molecule has 166 valence electrons. The Morgan fingerprint density at radius 1 is 1.16 bits per heavy atom. The topological polar surface area (TPSA) is 96.3 Å². The Morgan fingerprint density at radius 2 is 1.91 bits per heavy atom. The van der Waals surface area contributed by atoms with E-state index in [2.05, 4.69) is 10.1 Å². The first-order valence-corrected chi connectivity index (χ1v) is 10.8. The van der Waals surface area contributed by atoms with Crippen LogP contribution in [0.1, 0.15) is 58.9 Å². The Labute approximate surface area is 186 Å². The minimum Gasteiger partial charge on any atom is -0.361 e. The molecule has 1 N–H and O–H groups in total. The van der Waals surface area contributed by atoms with Gasteiger partial charge >= 0.3 is 0 Å². The molecule has 0 saturated heterocycles. The number of carbonyl (C=O) groups is 2. The number of aromatic amines is 1. The van der Waals surface area contributed by atoms with Gasteiger partial charge in [-0.15, -0.1) is 0 Å². The van der Waals surface area contributed by atoms with E-state index in [0.717, 1.165) is 17.0 Å². The molecule has 1 aliphatic carbocycles. The number of carbonyl (C=O) groups excluding carboxylic acids is 2. The molecule has 4 rings (SSSR count). The lowest BCUT2D eigenvalue weighted by Crippen LogP contribution is -2.36. The van der Waals surface area contributed by atoms with Crippen molar-refractivity contribution in [2.75, 3.05) is 13.6 Å². The van der Waals surface area contributed by atoms with E-state index in [1.165, 1.54) is 11.0 Å². The van der Waals surface area contributed by atoms with Gasteiger partial charge in [0.25, 0.3) is 11.5 Å². The Hall–Kier alpha value is -3.48. The largest absolute Gasteiger partial charge is 0.361 e. The van der Waals surface area contributed by atoms with E-state index in [-0.39, 0.29) is 16.8 Å². The molecule has 2 aromatic heterocycles. The third-order valence-corrected chi connectivity index (χ3v) is 5.84. The highest BCUT2D eigenvalue weighted by Crippen LogP contribution is 2.33. The molecule has 32 heavy (non-hydrogen) atoms. The average Bonchev–Trinajstić information content (AvgIpc) is 3.21. The summed E-state index contributed by atoms with van der Waals surface area (Å²) in [5.74, 6) is 0.308. The molecule has 0 fully saturated rings. The molecule has 1 amide bonds. The first-order chi connectivity index (χ1) is 15.2. The van der Waals surface area contributed by atoms with Gasteiger partial charge in [0, 0.05) is 49.3 Å². The summed E-state index contributed by atoms with van der Waals surface area (Å²) in [7, 11) is 1.65. The molecule has 0 aliphatic heterocycles. The van der Waals surface area contributed by atoms with Crippen LogP contribution in [0, 0.1) is 5.41 Å². The minimum absolute atomic E-state index is 0.00494. The molecule has 2 heterocycles. The lowest BCUT2D eigenvalue weighted by Gasteiger charge is -2.30. The normalized spacial score (nSPS) is 14.8. The van der Waals surface area contributed by atoms with Gasteiger partial charge in [0.15, 0.2) is 5.78 Å². The minimum atomic E-state index is -0.450. The molecule has 1 aliphatic rings. The van der Waals surface area contributed by atoms with Crippen molar-refractivity contribution in [2.45, 2.75) is 39.5 Å². The molecule has 0 unspecified atom stereocenters. The van der Waals surface area contributed by atoms with Crippen molar-refractivity contribution in [2.24, 2.45) is 5.41 Å². The number of aryl methyl sites for hydroxylation is 1. The summed E-state index contributed by atoms with van der Waals surface area (Å²) in [6.07, 6.45) is 2.28. The summed E-state index contributed by atoms with van der Waals surface area (Å²) in [4.78, 5) is 42.2.